The fraction of sp³-hybridized carbons (Fsp3) is 0.481. The van der Waals surface area contributed by atoms with Gasteiger partial charge in [0.05, 0.1) is 29.5 Å². The molecule has 0 bridgehead atoms. The van der Waals surface area contributed by atoms with Crippen molar-refractivity contribution in [3.8, 4) is 5.75 Å². The topological polar surface area (TPSA) is 114 Å². The quantitative estimate of drug-likeness (QED) is 0.515. The lowest BCUT2D eigenvalue weighted by Gasteiger charge is -2.55. The second-order valence-corrected chi connectivity index (χ2v) is 14.7. The Morgan fingerprint density at radius 1 is 1.26 bits per heavy atom. The molecule has 0 radical (unpaired) electrons. The Morgan fingerprint density at radius 3 is 2.84 bits per heavy atom. The van der Waals surface area contributed by atoms with Crippen LogP contribution in [0.1, 0.15) is 48.3 Å². The molecule has 7 rings (SSSR count). The van der Waals surface area contributed by atoms with Crippen molar-refractivity contribution in [2.45, 2.75) is 56.9 Å². The molecule has 2 fully saturated rings. The van der Waals surface area contributed by atoms with E-state index >= 15 is 0 Å². The number of aryl methyl sites for hydroxylation is 1. The zero-order chi connectivity index (χ0) is 26.2. The molecule has 1 aliphatic carbocycles. The van der Waals surface area contributed by atoms with Gasteiger partial charge in [0.2, 0.25) is 5.91 Å². The van der Waals surface area contributed by atoms with Crippen LogP contribution in [0.4, 0.5) is 11.5 Å². The van der Waals surface area contributed by atoms with E-state index in [2.05, 4.69) is 32.4 Å². The van der Waals surface area contributed by atoms with Gasteiger partial charge >= 0.3 is 0 Å². The molecule has 1 N–H and O–H groups in total. The number of hydrogen-bond acceptors (Lipinski definition) is 9. The zero-order valence-corrected chi connectivity index (χ0v) is 23.0. The predicted molar refractivity (Wildman–Crippen MR) is 147 cm³/mol. The highest BCUT2D eigenvalue weighted by Gasteiger charge is 2.61. The van der Waals surface area contributed by atoms with E-state index in [-0.39, 0.29) is 23.7 Å². The van der Waals surface area contributed by atoms with Gasteiger partial charge in [0.1, 0.15) is 27.5 Å². The van der Waals surface area contributed by atoms with Gasteiger partial charge in [-0.2, -0.15) is 0 Å². The molecule has 2 aromatic heterocycles. The molecule has 0 saturated carbocycles. The Labute approximate surface area is 225 Å². The molecule has 3 aromatic rings. The van der Waals surface area contributed by atoms with Gasteiger partial charge in [-0.1, -0.05) is 0 Å². The van der Waals surface area contributed by atoms with E-state index in [9.17, 15) is 13.2 Å². The van der Waals surface area contributed by atoms with Gasteiger partial charge in [0.15, 0.2) is 9.84 Å². The number of ether oxygens (including phenoxy) is 1. The van der Waals surface area contributed by atoms with E-state index in [0.717, 1.165) is 51.4 Å². The van der Waals surface area contributed by atoms with E-state index in [1.807, 2.05) is 20.1 Å². The summed E-state index contributed by atoms with van der Waals surface area (Å²) in [5.41, 5.74) is 4.26. The van der Waals surface area contributed by atoms with Crippen molar-refractivity contribution in [2.24, 2.45) is 10.9 Å². The van der Waals surface area contributed by atoms with Crippen LogP contribution < -0.4 is 10.1 Å². The molecule has 3 aliphatic heterocycles. The summed E-state index contributed by atoms with van der Waals surface area (Å²) >= 11 is 1.62. The number of thiophene rings is 1. The minimum Gasteiger partial charge on any atom is -0.489 e. The third kappa shape index (κ3) is 3.65. The summed E-state index contributed by atoms with van der Waals surface area (Å²) in [5, 5.41) is 4.53. The SMILES string of the molecule is CC(C)Oc1cc2c(cc1Nc1ncnc3sc4c(c13)CCC(C(=O)N1CC3(CCS3(=O)=O)C1)C4)C=NC2. The molecule has 1 amide bonds. The molecular formula is C27H29N5O4S2. The summed E-state index contributed by atoms with van der Waals surface area (Å²) in [6, 6.07) is 4.12. The molecule has 11 heteroatoms. The molecule has 1 unspecified atom stereocenters. The maximum atomic E-state index is 13.2. The molecular weight excluding hydrogens is 522 g/mol. The van der Waals surface area contributed by atoms with Crippen molar-refractivity contribution < 1.29 is 17.9 Å². The van der Waals surface area contributed by atoms with Crippen LogP contribution in [-0.2, 0) is 34.0 Å². The lowest BCUT2D eigenvalue weighted by molar-refractivity contribution is -0.141. The van der Waals surface area contributed by atoms with Gasteiger partial charge in [0, 0.05) is 30.1 Å². The Morgan fingerprint density at radius 2 is 2.11 bits per heavy atom. The number of nitrogens with one attached hydrogen (secondary N) is 1. The number of amides is 1. The van der Waals surface area contributed by atoms with Crippen molar-refractivity contribution in [2.75, 3.05) is 24.2 Å². The molecule has 4 aliphatic rings. The number of rotatable bonds is 5. The van der Waals surface area contributed by atoms with Crippen LogP contribution in [0.3, 0.4) is 0 Å². The van der Waals surface area contributed by atoms with Crippen LogP contribution >= 0.6 is 11.3 Å². The lowest BCUT2D eigenvalue weighted by atomic mass is 9.85. The van der Waals surface area contributed by atoms with Gasteiger partial charge in [0.25, 0.3) is 0 Å². The summed E-state index contributed by atoms with van der Waals surface area (Å²) in [5.74, 6) is 1.72. The molecule has 198 valence electrons. The molecule has 1 spiro atoms. The van der Waals surface area contributed by atoms with E-state index in [1.165, 1.54) is 10.4 Å². The minimum absolute atomic E-state index is 0.0235. The number of anilines is 2. The van der Waals surface area contributed by atoms with Crippen molar-refractivity contribution in [3.63, 3.8) is 0 Å². The number of nitrogens with zero attached hydrogens (tertiary/aromatic N) is 4. The number of fused-ring (bicyclic) bond motifs is 4. The van der Waals surface area contributed by atoms with Crippen molar-refractivity contribution in [1.82, 2.24) is 14.9 Å². The van der Waals surface area contributed by atoms with E-state index in [0.29, 0.717) is 32.5 Å². The number of likely N-dealkylation sites (tertiary alicyclic amines) is 1. The van der Waals surface area contributed by atoms with Crippen molar-refractivity contribution >= 4 is 55.0 Å². The van der Waals surface area contributed by atoms with Gasteiger partial charge in [-0.3, -0.25) is 9.79 Å². The molecule has 2 saturated heterocycles. The van der Waals surface area contributed by atoms with Crippen LogP contribution in [-0.4, -0.2) is 65.1 Å². The summed E-state index contributed by atoms with van der Waals surface area (Å²) < 4.78 is 29.8. The largest absolute Gasteiger partial charge is 0.489 e. The number of carbonyl (C=O) groups is 1. The third-order valence-electron chi connectivity index (χ3n) is 8.30. The standard InChI is InChI=1S/C27H29N5O4S2/c1-15(2)36-21-8-18-11-28-10-17(18)7-20(21)31-24-23-19-4-3-16(9-22(19)37-25(23)30-14-29-24)26(33)32-12-27(13-32)5-6-38(27,34)35/h7-8,10,14-16H,3-6,9,11-13H2,1-2H3,(H,29,30,31). The lowest BCUT2D eigenvalue weighted by Crippen LogP contribution is -2.73. The van der Waals surface area contributed by atoms with Gasteiger partial charge < -0.3 is 15.0 Å². The van der Waals surface area contributed by atoms with Gasteiger partial charge in [-0.15, -0.1) is 11.3 Å². The van der Waals surface area contributed by atoms with E-state index in [1.54, 1.807) is 22.6 Å². The average Bonchev–Trinajstić information content (AvgIpc) is 3.46. The number of hydrogen-bond donors (Lipinski definition) is 1. The zero-order valence-electron chi connectivity index (χ0n) is 21.4. The highest BCUT2D eigenvalue weighted by Crippen LogP contribution is 2.45. The molecule has 9 nitrogen and oxygen atoms in total. The Kier molecular flexibility index (Phi) is 5.36. The monoisotopic (exact) mass is 551 g/mol. The highest BCUT2D eigenvalue weighted by atomic mass is 32.2. The van der Waals surface area contributed by atoms with Crippen LogP contribution in [0.25, 0.3) is 10.2 Å². The summed E-state index contributed by atoms with van der Waals surface area (Å²) in [6.45, 7) is 5.39. The Balaban J connectivity index is 1.15. The highest BCUT2D eigenvalue weighted by molar-refractivity contribution is 7.94. The number of benzene rings is 1. The fourth-order valence-corrected chi connectivity index (χ4v) is 9.19. The first kappa shape index (κ1) is 24.0. The second-order valence-electron chi connectivity index (χ2n) is 11.1. The predicted octanol–water partition coefficient (Wildman–Crippen LogP) is 3.66. The van der Waals surface area contributed by atoms with Gasteiger partial charge in [-0.05, 0) is 68.4 Å². The van der Waals surface area contributed by atoms with E-state index in [4.69, 9.17) is 4.74 Å². The normalized spacial score (nSPS) is 22.2. The maximum Gasteiger partial charge on any atom is 0.226 e. The van der Waals surface area contributed by atoms with Crippen LogP contribution in [0.15, 0.2) is 23.5 Å². The number of sulfone groups is 1. The Hall–Kier alpha value is -3.05. The maximum absolute atomic E-state index is 13.2. The average molecular weight is 552 g/mol. The molecule has 5 heterocycles. The van der Waals surface area contributed by atoms with E-state index < -0.39 is 14.6 Å². The fourth-order valence-electron chi connectivity index (χ4n) is 6.11. The number of carbonyl (C=O) groups excluding carboxylic acids is 1. The smallest absolute Gasteiger partial charge is 0.226 e. The van der Waals surface area contributed by atoms with Crippen LogP contribution in [0.2, 0.25) is 0 Å². The van der Waals surface area contributed by atoms with Crippen LogP contribution in [0, 0.1) is 5.92 Å². The summed E-state index contributed by atoms with van der Waals surface area (Å²) in [6.07, 6.45) is 6.32. The summed E-state index contributed by atoms with van der Waals surface area (Å²) in [4.78, 5) is 30.6. The number of aliphatic imine (C=N–C) groups is 1. The second kappa shape index (κ2) is 8.47. The van der Waals surface area contributed by atoms with Crippen molar-refractivity contribution in [1.29, 1.82) is 0 Å². The first-order valence-electron chi connectivity index (χ1n) is 13.1. The van der Waals surface area contributed by atoms with Crippen molar-refractivity contribution in [3.05, 3.63) is 40.0 Å². The molecule has 1 aromatic carbocycles. The van der Waals surface area contributed by atoms with Crippen LogP contribution in [0.5, 0.6) is 5.75 Å². The number of aromatic nitrogens is 2. The minimum atomic E-state index is -3.02. The first-order valence-corrected chi connectivity index (χ1v) is 15.6. The van der Waals surface area contributed by atoms with Gasteiger partial charge in [-0.25, -0.2) is 18.4 Å². The molecule has 38 heavy (non-hydrogen) atoms. The Bertz CT molecular complexity index is 1620. The molecule has 1 atom stereocenters. The summed E-state index contributed by atoms with van der Waals surface area (Å²) in [7, 11) is -3.02. The third-order valence-corrected chi connectivity index (χ3v) is 12.0. The first-order chi connectivity index (χ1) is 18.2.